The molecule has 17 heavy (non-hydrogen) atoms. The van der Waals surface area contributed by atoms with Crippen molar-refractivity contribution in [3.63, 3.8) is 0 Å². The number of benzene rings is 2. The van der Waals surface area contributed by atoms with Gasteiger partial charge >= 0.3 is 0 Å². The van der Waals surface area contributed by atoms with Crippen molar-refractivity contribution in [2.45, 2.75) is 0 Å². The number of hydrogen-bond donors (Lipinski definition) is 0. The van der Waals surface area contributed by atoms with Gasteiger partial charge in [0.05, 0.1) is 5.12 Å². The lowest BCUT2D eigenvalue weighted by atomic mass is 10.1. The van der Waals surface area contributed by atoms with Crippen LogP contribution >= 0.6 is 18.4 Å². The van der Waals surface area contributed by atoms with Crippen molar-refractivity contribution in [2.75, 3.05) is 0 Å². The van der Waals surface area contributed by atoms with Crippen LogP contribution in [-0.2, 0) is 0 Å². The van der Waals surface area contributed by atoms with Gasteiger partial charge in [-0.1, -0.05) is 24.3 Å². The minimum Gasteiger partial charge on any atom is -0.434 e. The van der Waals surface area contributed by atoms with Crippen LogP contribution in [0.5, 0.6) is 0 Å². The standard InChI is InChI=1S/C13H6ClO2P/c14-17-10-6-2-4-8-12(10)11-7(13(8)15)3-1-5-9(11)16-17/h1-6H. The Kier molecular flexibility index (Phi) is 1.70. The normalized spacial score (nSPS) is 13.1. The van der Waals surface area contributed by atoms with E-state index in [4.69, 9.17) is 15.4 Å². The molecule has 0 N–H and O–H groups in total. The maximum Gasteiger partial charge on any atom is 0.194 e. The summed E-state index contributed by atoms with van der Waals surface area (Å²) in [5.74, 6) is 0. The third kappa shape index (κ3) is 1.05. The van der Waals surface area contributed by atoms with E-state index in [-0.39, 0.29) is 5.43 Å². The topological polar surface area (TPSA) is 30.2 Å². The van der Waals surface area contributed by atoms with E-state index in [1.54, 1.807) is 0 Å². The summed E-state index contributed by atoms with van der Waals surface area (Å²) in [6.07, 6.45) is 0. The van der Waals surface area contributed by atoms with Gasteiger partial charge in [0, 0.05) is 21.9 Å². The van der Waals surface area contributed by atoms with Crippen molar-refractivity contribution in [2.24, 2.45) is 0 Å². The highest BCUT2D eigenvalue weighted by Crippen LogP contribution is 2.51. The van der Waals surface area contributed by atoms with Crippen molar-refractivity contribution in [3.05, 3.63) is 46.6 Å². The molecule has 0 radical (unpaired) electrons. The van der Waals surface area contributed by atoms with Gasteiger partial charge in [-0.15, -0.1) is 0 Å². The largest absolute Gasteiger partial charge is 0.434 e. The quantitative estimate of drug-likeness (QED) is 0.436. The van der Waals surface area contributed by atoms with Crippen LogP contribution < -0.4 is 5.43 Å². The van der Waals surface area contributed by atoms with Gasteiger partial charge in [-0.25, -0.2) is 0 Å². The van der Waals surface area contributed by atoms with Gasteiger partial charge < -0.3 is 4.20 Å². The van der Waals surface area contributed by atoms with Gasteiger partial charge in [0.15, 0.2) is 5.43 Å². The molecule has 1 aliphatic heterocycles. The second kappa shape index (κ2) is 3.04. The van der Waals surface area contributed by atoms with Crippen LogP contribution in [-0.4, -0.2) is 0 Å². The summed E-state index contributed by atoms with van der Waals surface area (Å²) in [4.78, 5) is 12.2. The monoisotopic (exact) mass is 260 g/mol. The van der Waals surface area contributed by atoms with E-state index in [1.807, 2.05) is 36.4 Å². The zero-order chi connectivity index (χ0) is 11.6. The van der Waals surface area contributed by atoms with Crippen LogP contribution in [0.15, 0.2) is 45.4 Å². The first kappa shape index (κ1) is 9.52. The molecule has 1 heterocycles. The minimum absolute atomic E-state index is 0.0734. The Balaban J connectivity index is 2.52. The van der Waals surface area contributed by atoms with E-state index in [1.165, 1.54) is 0 Å². The van der Waals surface area contributed by atoms with Gasteiger partial charge in [-0.2, -0.15) is 0 Å². The molecule has 0 fully saturated rings. The lowest BCUT2D eigenvalue weighted by Gasteiger charge is -2.08. The Morgan fingerprint density at radius 3 is 2.53 bits per heavy atom. The first-order valence-electron chi connectivity index (χ1n) is 5.22. The summed E-state index contributed by atoms with van der Waals surface area (Å²) in [7, 11) is -1.18. The zero-order valence-corrected chi connectivity index (χ0v) is 10.3. The molecule has 0 spiro atoms. The first-order chi connectivity index (χ1) is 8.27. The average molecular weight is 261 g/mol. The maximum atomic E-state index is 12.2. The highest BCUT2D eigenvalue weighted by Gasteiger charge is 2.23. The third-order valence-corrected chi connectivity index (χ3v) is 5.04. The van der Waals surface area contributed by atoms with Crippen LogP contribution in [0.4, 0.5) is 0 Å². The predicted octanol–water partition coefficient (Wildman–Crippen LogP) is 4.48. The predicted molar refractivity (Wildman–Crippen MR) is 71.8 cm³/mol. The fourth-order valence-electron chi connectivity index (χ4n) is 2.47. The molecule has 2 aromatic carbocycles. The molecule has 4 rings (SSSR count). The summed E-state index contributed by atoms with van der Waals surface area (Å²) in [6, 6.07) is 11.2. The van der Waals surface area contributed by atoms with E-state index < -0.39 is 7.13 Å². The molecular formula is C13H6ClO2P. The molecule has 1 atom stereocenters. The summed E-state index contributed by atoms with van der Waals surface area (Å²) in [6.45, 7) is 0. The summed E-state index contributed by atoms with van der Waals surface area (Å²) >= 11 is 6.25. The molecule has 2 aliphatic rings. The van der Waals surface area contributed by atoms with Gasteiger partial charge in [0.1, 0.15) is 12.7 Å². The fourth-order valence-corrected chi connectivity index (χ4v) is 4.15. The molecule has 1 unspecified atom stereocenters. The first-order valence-corrected chi connectivity index (χ1v) is 7.39. The Hall–Kier alpha value is -1.50. The number of hydrogen-bond acceptors (Lipinski definition) is 2. The van der Waals surface area contributed by atoms with Crippen molar-refractivity contribution in [1.29, 1.82) is 0 Å². The lowest BCUT2D eigenvalue weighted by Crippen LogP contribution is -1.92. The average Bonchev–Trinajstić information content (AvgIpc) is 2.64. The van der Waals surface area contributed by atoms with Gasteiger partial charge in [0.25, 0.3) is 0 Å². The van der Waals surface area contributed by atoms with Crippen molar-refractivity contribution >= 4 is 39.8 Å². The highest BCUT2D eigenvalue weighted by atomic mass is 35.7. The molecule has 1 aliphatic carbocycles. The van der Waals surface area contributed by atoms with Crippen LogP contribution in [0.2, 0.25) is 0 Å². The summed E-state index contributed by atoms with van der Waals surface area (Å²) in [5, 5.41) is 2.43. The molecular weight excluding hydrogens is 255 g/mol. The Labute approximate surface area is 102 Å². The van der Waals surface area contributed by atoms with E-state index in [9.17, 15) is 4.79 Å². The van der Waals surface area contributed by atoms with Gasteiger partial charge in [-0.05, 0) is 23.4 Å². The fraction of sp³-hybridized carbons (Fsp3) is 0. The number of halogens is 1. The zero-order valence-electron chi connectivity index (χ0n) is 8.61. The van der Waals surface area contributed by atoms with Gasteiger partial charge in [-0.3, -0.25) is 4.79 Å². The van der Waals surface area contributed by atoms with E-state index in [0.29, 0.717) is 0 Å². The van der Waals surface area contributed by atoms with Crippen molar-refractivity contribution in [3.8, 4) is 11.1 Å². The Morgan fingerprint density at radius 1 is 1.00 bits per heavy atom. The molecule has 0 bridgehead atoms. The second-order valence-electron chi connectivity index (χ2n) is 4.04. The Bertz CT molecular complexity index is 874. The summed E-state index contributed by atoms with van der Waals surface area (Å²) in [5.41, 5.74) is 2.71. The molecule has 2 nitrogen and oxygen atoms in total. The molecule has 82 valence electrons. The molecule has 0 saturated heterocycles. The molecule has 2 aromatic rings. The second-order valence-corrected chi connectivity index (χ2v) is 6.12. The van der Waals surface area contributed by atoms with Crippen molar-refractivity contribution in [1.82, 2.24) is 0 Å². The molecule has 0 saturated carbocycles. The number of rotatable bonds is 0. The lowest BCUT2D eigenvalue weighted by molar-refractivity contribution is 0.744. The van der Waals surface area contributed by atoms with E-state index in [2.05, 4.69) is 0 Å². The van der Waals surface area contributed by atoms with Crippen LogP contribution in [0.1, 0.15) is 0 Å². The van der Waals surface area contributed by atoms with Gasteiger partial charge in [0.2, 0.25) is 0 Å². The summed E-state index contributed by atoms with van der Waals surface area (Å²) < 4.78 is 5.70. The third-order valence-electron chi connectivity index (χ3n) is 3.18. The Morgan fingerprint density at radius 2 is 1.71 bits per heavy atom. The van der Waals surface area contributed by atoms with E-state index >= 15 is 0 Å². The minimum atomic E-state index is -1.18. The van der Waals surface area contributed by atoms with Crippen LogP contribution in [0, 0.1) is 0 Å². The molecule has 0 amide bonds. The molecule has 4 heteroatoms. The maximum absolute atomic E-state index is 12.2. The smallest absolute Gasteiger partial charge is 0.194 e. The van der Waals surface area contributed by atoms with E-state index in [0.717, 1.165) is 32.6 Å². The molecule has 0 aromatic heterocycles. The van der Waals surface area contributed by atoms with Crippen LogP contribution in [0.3, 0.4) is 0 Å². The SMILES string of the molecule is O=c1c2cccc3op(Cl)c4cccc1c4-c32. The van der Waals surface area contributed by atoms with Crippen molar-refractivity contribution < 1.29 is 4.20 Å². The van der Waals surface area contributed by atoms with Crippen LogP contribution in [0.25, 0.3) is 32.6 Å². The highest BCUT2D eigenvalue weighted by molar-refractivity contribution is 7.77.